The largest absolute Gasteiger partial charge is 0.481 e. The number of rotatable bonds is 4. The van der Waals surface area contributed by atoms with Gasteiger partial charge in [0, 0.05) is 0 Å². The van der Waals surface area contributed by atoms with Crippen LogP contribution in [0.3, 0.4) is 0 Å². The lowest BCUT2D eigenvalue weighted by atomic mass is 9.85. The molecule has 0 radical (unpaired) electrons. The molecular formula is C8H13Cl3O2. The molecule has 2 nitrogen and oxygen atoms in total. The molecule has 0 saturated carbocycles. The Labute approximate surface area is 93.2 Å². The maximum atomic E-state index is 10.4. The summed E-state index contributed by atoms with van der Waals surface area (Å²) in [6.45, 7) is 3.69. The normalized spacial score (nSPS) is 13.0. The van der Waals surface area contributed by atoms with Gasteiger partial charge in [-0.15, -0.1) is 0 Å². The van der Waals surface area contributed by atoms with E-state index in [1.165, 1.54) is 0 Å². The molecule has 0 fully saturated rings. The van der Waals surface area contributed by atoms with Crippen molar-refractivity contribution in [1.82, 2.24) is 0 Å². The second kappa shape index (κ2) is 4.72. The van der Waals surface area contributed by atoms with Gasteiger partial charge in [-0.1, -0.05) is 48.7 Å². The number of carboxylic acids is 1. The monoisotopic (exact) mass is 246 g/mol. The van der Waals surface area contributed by atoms with E-state index >= 15 is 0 Å². The van der Waals surface area contributed by atoms with Crippen molar-refractivity contribution in [3.63, 3.8) is 0 Å². The van der Waals surface area contributed by atoms with Crippen molar-refractivity contribution < 1.29 is 9.90 Å². The maximum Gasteiger partial charge on any atom is 0.303 e. The number of hydrogen-bond donors (Lipinski definition) is 1. The summed E-state index contributed by atoms with van der Waals surface area (Å²) in [7, 11) is 0. The van der Waals surface area contributed by atoms with Crippen LogP contribution in [0.25, 0.3) is 0 Å². The van der Waals surface area contributed by atoms with Gasteiger partial charge in [-0.05, 0) is 18.3 Å². The number of alkyl halides is 3. The van der Waals surface area contributed by atoms with E-state index in [0.717, 1.165) is 0 Å². The zero-order chi connectivity index (χ0) is 10.7. The van der Waals surface area contributed by atoms with Crippen molar-refractivity contribution in [2.75, 3.05) is 0 Å². The average Bonchev–Trinajstić information content (AvgIpc) is 1.79. The molecule has 0 aromatic carbocycles. The first-order valence-electron chi connectivity index (χ1n) is 3.91. The molecule has 5 heteroatoms. The first-order valence-corrected chi connectivity index (χ1v) is 5.04. The molecule has 0 rings (SSSR count). The number of aliphatic carboxylic acids is 1. The molecule has 0 heterocycles. The van der Waals surface area contributed by atoms with Crippen LogP contribution in [0.2, 0.25) is 0 Å². The second-order valence-electron chi connectivity index (χ2n) is 3.85. The molecule has 0 aliphatic carbocycles. The minimum Gasteiger partial charge on any atom is -0.481 e. The van der Waals surface area contributed by atoms with Gasteiger partial charge in [0.25, 0.3) is 0 Å². The second-order valence-corrected chi connectivity index (χ2v) is 6.37. The SMILES string of the molecule is CC(C)(CCC(Cl)(Cl)Cl)CC(=O)O. The molecule has 13 heavy (non-hydrogen) atoms. The Kier molecular flexibility index (Phi) is 4.84. The third kappa shape index (κ3) is 8.66. The van der Waals surface area contributed by atoms with E-state index in [1.807, 2.05) is 13.8 Å². The van der Waals surface area contributed by atoms with Gasteiger partial charge >= 0.3 is 5.97 Å². The quantitative estimate of drug-likeness (QED) is 0.770. The van der Waals surface area contributed by atoms with Crippen LogP contribution in [0.5, 0.6) is 0 Å². The summed E-state index contributed by atoms with van der Waals surface area (Å²) < 4.78 is -1.28. The van der Waals surface area contributed by atoms with Crippen molar-refractivity contribution in [3.05, 3.63) is 0 Å². The average molecular weight is 248 g/mol. The van der Waals surface area contributed by atoms with Gasteiger partial charge in [0.1, 0.15) is 0 Å². The van der Waals surface area contributed by atoms with Gasteiger partial charge in [-0.25, -0.2) is 0 Å². The van der Waals surface area contributed by atoms with Crippen molar-refractivity contribution >= 4 is 40.8 Å². The smallest absolute Gasteiger partial charge is 0.303 e. The first-order chi connectivity index (χ1) is 5.62. The van der Waals surface area contributed by atoms with Crippen LogP contribution >= 0.6 is 34.8 Å². The van der Waals surface area contributed by atoms with Gasteiger partial charge in [0.2, 0.25) is 0 Å². The molecule has 1 N–H and O–H groups in total. The lowest BCUT2D eigenvalue weighted by molar-refractivity contribution is -0.139. The molecule has 0 unspecified atom stereocenters. The Morgan fingerprint density at radius 3 is 2.00 bits per heavy atom. The molecule has 78 valence electrons. The van der Waals surface area contributed by atoms with Crippen LogP contribution < -0.4 is 0 Å². The van der Waals surface area contributed by atoms with Gasteiger partial charge in [0.05, 0.1) is 6.42 Å². The minimum atomic E-state index is -1.28. The fourth-order valence-electron chi connectivity index (χ4n) is 0.978. The zero-order valence-corrected chi connectivity index (χ0v) is 9.88. The van der Waals surface area contributed by atoms with Gasteiger partial charge in [-0.3, -0.25) is 4.79 Å². The Hall–Kier alpha value is 0.340. The van der Waals surface area contributed by atoms with E-state index in [2.05, 4.69) is 0 Å². The summed E-state index contributed by atoms with van der Waals surface area (Å²) >= 11 is 16.7. The molecule has 0 aromatic rings. The van der Waals surface area contributed by atoms with E-state index in [9.17, 15) is 4.79 Å². The van der Waals surface area contributed by atoms with Gasteiger partial charge in [0.15, 0.2) is 3.79 Å². The summed E-state index contributed by atoms with van der Waals surface area (Å²) in [5.74, 6) is -0.825. The molecule has 0 bridgehead atoms. The van der Waals surface area contributed by atoms with Crippen molar-refractivity contribution in [2.24, 2.45) is 5.41 Å². The highest BCUT2D eigenvalue weighted by Gasteiger charge is 2.27. The highest BCUT2D eigenvalue weighted by atomic mass is 35.6. The summed E-state index contributed by atoms with van der Waals surface area (Å²) in [6.07, 6.45) is 1.04. The van der Waals surface area contributed by atoms with E-state index in [-0.39, 0.29) is 11.8 Å². The number of carbonyl (C=O) groups is 1. The summed E-state index contributed by atoms with van der Waals surface area (Å²) in [5.41, 5.74) is -0.324. The Balaban J connectivity index is 3.96. The topological polar surface area (TPSA) is 37.3 Å². The van der Waals surface area contributed by atoms with E-state index < -0.39 is 9.76 Å². The van der Waals surface area contributed by atoms with Crippen LogP contribution in [0.4, 0.5) is 0 Å². The van der Waals surface area contributed by atoms with E-state index in [1.54, 1.807) is 0 Å². The predicted molar refractivity (Wildman–Crippen MR) is 55.6 cm³/mol. The number of carboxylic acid groups (broad SMARTS) is 1. The van der Waals surface area contributed by atoms with E-state index in [0.29, 0.717) is 12.8 Å². The molecule has 0 aromatic heterocycles. The molecule has 0 aliphatic heterocycles. The van der Waals surface area contributed by atoms with Crippen LogP contribution in [0.1, 0.15) is 33.1 Å². The maximum absolute atomic E-state index is 10.4. The first kappa shape index (κ1) is 13.3. The Morgan fingerprint density at radius 2 is 1.69 bits per heavy atom. The Morgan fingerprint density at radius 1 is 1.23 bits per heavy atom. The highest BCUT2D eigenvalue weighted by molar-refractivity contribution is 6.67. The summed E-state index contributed by atoms with van der Waals surface area (Å²) in [4.78, 5) is 10.4. The Bertz CT molecular complexity index is 184. The van der Waals surface area contributed by atoms with Crippen LogP contribution in [0, 0.1) is 5.41 Å². The van der Waals surface area contributed by atoms with Crippen molar-refractivity contribution in [3.8, 4) is 0 Å². The summed E-state index contributed by atoms with van der Waals surface area (Å²) in [6, 6.07) is 0. The molecule has 0 saturated heterocycles. The third-order valence-electron chi connectivity index (χ3n) is 1.72. The van der Waals surface area contributed by atoms with Crippen LogP contribution in [-0.4, -0.2) is 14.9 Å². The van der Waals surface area contributed by atoms with Gasteiger partial charge < -0.3 is 5.11 Å². The molecule has 0 aliphatic rings. The van der Waals surface area contributed by atoms with Crippen LogP contribution in [-0.2, 0) is 4.79 Å². The minimum absolute atomic E-state index is 0.0910. The fourth-order valence-corrected chi connectivity index (χ4v) is 1.26. The lowest BCUT2D eigenvalue weighted by Crippen LogP contribution is -2.19. The predicted octanol–water partition coefficient (Wildman–Crippen LogP) is 3.64. The third-order valence-corrected chi connectivity index (χ3v) is 2.28. The summed E-state index contributed by atoms with van der Waals surface area (Å²) in [5, 5.41) is 8.58. The van der Waals surface area contributed by atoms with E-state index in [4.69, 9.17) is 39.9 Å². The molecule has 0 spiro atoms. The molecule has 0 atom stereocenters. The zero-order valence-electron chi connectivity index (χ0n) is 7.61. The van der Waals surface area contributed by atoms with Crippen molar-refractivity contribution in [1.29, 1.82) is 0 Å². The lowest BCUT2D eigenvalue weighted by Gasteiger charge is -2.24. The van der Waals surface area contributed by atoms with Gasteiger partial charge in [-0.2, -0.15) is 0 Å². The fraction of sp³-hybridized carbons (Fsp3) is 0.875. The number of hydrogen-bond acceptors (Lipinski definition) is 1. The highest BCUT2D eigenvalue weighted by Crippen LogP contribution is 2.37. The van der Waals surface area contributed by atoms with Crippen molar-refractivity contribution in [2.45, 2.75) is 36.9 Å². The molecule has 0 amide bonds. The number of halogens is 3. The standard InChI is InChI=1S/C8H13Cl3O2/c1-7(2,5-6(12)13)3-4-8(9,10)11/h3-5H2,1-2H3,(H,12,13). The van der Waals surface area contributed by atoms with Crippen LogP contribution in [0.15, 0.2) is 0 Å². The molecular weight excluding hydrogens is 234 g/mol.